The zero-order valence-electron chi connectivity index (χ0n) is 24.8. The fourth-order valence-electron chi connectivity index (χ4n) is 4.77. The summed E-state index contributed by atoms with van der Waals surface area (Å²) in [7, 11) is -4.39. The van der Waals surface area contributed by atoms with Crippen molar-refractivity contribution < 1.29 is 22.4 Å². The first-order chi connectivity index (χ1) is 21.0. The zero-order chi connectivity index (χ0) is 31.9. The molecule has 0 saturated heterocycles. The van der Waals surface area contributed by atoms with E-state index in [4.69, 9.17) is 0 Å². The van der Waals surface area contributed by atoms with Crippen molar-refractivity contribution in [2.24, 2.45) is 0 Å². The Hall–Kier alpha value is -4.02. The van der Waals surface area contributed by atoms with E-state index in [2.05, 4.69) is 21.2 Å². The number of rotatable bonds is 12. The lowest BCUT2D eigenvalue weighted by Gasteiger charge is -2.34. The van der Waals surface area contributed by atoms with Gasteiger partial charge in [-0.15, -0.1) is 0 Å². The van der Waals surface area contributed by atoms with E-state index in [0.717, 1.165) is 31.5 Å². The first-order valence-electron chi connectivity index (χ1n) is 14.2. The van der Waals surface area contributed by atoms with Crippen LogP contribution in [0.5, 0.6) is 0 Å². The molecule has 0 fully saturated rings. The summed E-state index contributed by atoms with van der Waals surface area (Å²) in [5.74, 6) is -1.84. The molecule has 0 bridgehead atoms. The Kier molecular flexibility index (Phi) is 10.9. The number of carbonyl (C=O) groups is 2. The lowest BCUT2D eigenvalue weighted by atomic mass is 10.0. The molecule has 44 heavy (non-hydrogen) atoms. The van der Waals surface area contributed by atoms with Crippen LogP contribution in [0.25, 0.3) is 0 Å². The van der Waals surface area contributed by atoms with E-state index < -0.39 is 34.3 Å². The number of hydrogen-bond donors (Lipinski definition) is 1. The zero-order valence-corrected chi connectivity index (χ0v) is 27.2. The standard InChI is InChI=1S/C34H35BrFN3O4S/c1-24(2)37-34(41)32(21-26-10-5-4-6-11-26)38(22-27-12-9-13-28(35)20-27)33(40)23-39(31-15-8-7-14-30(31)36)44(42,43)29-18-16-25(3)17-19-29/h4-20,24,32H,21-23H2,1-3H3,(H,37,41). The van der Waals surface area contributed by atoms with Gasteiger partial charge in [0.05, 0.1) is 10.6 Å². The highest BCUT2D eigenvalue weighted by atomic mass is 79.9. The molecule has 4 aromatic rings. The van der Waals surface area contributed by atoms with Crippen molar-refractivity contribution in [1.82, 2.24) is 10.2 Å². The lowest BCUT2D eigenvalue weighted by molar-refractivity contribution is -0.140. The molecule has 10 heteroatoms. The molecule has 4 aromatic carbocycles. The second-order valence-corrected chi connectivity index (χ2v) is 13.6. The highest BCUT2D eigenvalue weighted by molar-refractivity contribution is 9.10. The highest BCUT2D eigenvalue weighted by Crippen LogP contribution is 2.27. The monoisotopic (exact) mass is 679 g/mol. The van der Waals surface area contributed by atoms with Gasteiger partial charge in [0.25, 0.3) is 10.0 Å². The lowest BCUT2D eigenvalue weighted by Crippen LogP contribution is -2.54. The molecule has 4 rings (SSSR count). The molecule has 0 aromatic heterocycles. The van der Waals surface area contributed by atoms with Gasteiger partial charge in [-0.25, -0.2) is 12.8 Å². The minimum Gasteiger partial charge on any atom is -0.352 e. The Morgan fingerprint density at radius 1 is 0.864 bits per heavy atom. The van der Waals surface area contributed by atoms with Crippen LogP contribution in [-0.4, -0.2) is 43.8 Å². The average Bonchev–Trinajstić information content (AvgIpc) is 2.98. The van der Waals surface area contributed by atoms with E-state index in [-0.39, 0.29) is 35.5 Å². The molecular weight excluding hydrogens is 645 g/mol. The molecule has 0 aliphatic carbocycles. The fraction of sp³-hybridized carbons (Fsp3) is 0.235. The number of carbonyl (C=O) groups excluding carboxylic acids is 2. The molecular formula is C34H35BrFN3O4S. The van der Waals surface area contributed by atoms with Crippen molar-refractivity contribution in [3.05, 3.63) is 130 Å². The molecule has 0 aliphatic rings. The third-order valence-electron chi connectivity index (χ3n) is 6.95. The van der Waals surface area contributed by atoms with Crippen LogP contribution in [0.15, 0.2) is 112 Å². The molecule has 0 spiro atoms. The Morgan fingerprint density at radius 3 is 2.14 bits per heavy atom. The Balaban J connectivity index is 1.82. The smallest absolute Gasteiger partial charge is 0.264 e. The quantitative estimate of drug-likeness (QED) is 0.192. The number of nitrogens with zero attached hydrogens (tertiary/aromatic N) is 2. The van der Waals surface area contributed by atoms with E-state index in [1.807, 2.05) is 75.4 Å². The van der Waals surface area contributed by atoms with Crippen LogP contribution in [0.4, 0.5) is 10.1 Å². The van der Waals surface area contributed by atoms with Gasteiger partial charge in [-0.3, -0.25) is 13.9 Å². The van der Waals surface area contributed by atoms with Gasteiger partial charge in [0.15, 0.2) is 0 Å². The second-order valence-electron chi connectivity index (χ2n) is 10.8. The number of aryl methyl sites for hydroxylation is 1. The molecule has 2 amide bonds. The highest BCUT2D eigenvalue weighted by Gasteiger charge is 2.35. The van der Waals surface area contributed by atoms with Crippen LogP contribution in [0, 0.1) is 12.7 Å². The van der Waals surface area contributed by atoms with Crippen molar-refractivity contribution in [2.45, 2.75) is 50.7 Å². The largest absolute Gasteiger partial charge is 0.352 e. The average molecular weight is 681 g/mol. The summed E-state index contributed by atoms with van der Waals surface area (Å²) in [6, 6.07) is 27.0. The number of benzene rings is 4. The van der Waals surface area contributed by atoms with Crippen molar-refractivity contribution in [3.63, 3.8) is 0 Å². The number of halogens is 2. The predicted octanol–water partition coefficient (Wildman–Crippen LogP) is 6.26. The van der Waals surface area contributed by atoms with Crippen LogP contribution in [0.2, 0.25) is 0 Å². The topological polar surface area (TPSA) is 86.8 Å². The number of para-hydroxylation sites is 1. The summed E-state index contributed by atoms with van der Waals surface area (Å²) in [6.07, 6.45) is 0.184. The van der Waals surface area contributed by atoms with Crippen molar-refractivity contribution >= 4 is 43.5 Å². The first-order valence-corrected chi connectivity index (χ1v) is 16.4. The third kappa shape index (κ3) is 8.33. The Bertz CT molecular complexity index is 1700. The normalized spacial score (nSPS) is 12.0. The van der Waals surface area contributed by atoms with Gasteiger partial charge in [-0.05, 0) is 68.3 Å². The maximum atomic E-state index is 15.2. The summed E-state index contributed by atoms with van der Waals surface area (Å²) < 4.78 is 44.8. The number of anilines is 1. The van der Waals surface area contributed by atoms with Gasteiger partial charge in [-0.1, -0.05) is 88.2 Å². The van der Waals surface area contributed by atoms with Gasteiger partial charge in [0.2, 0.25) is 11.8 Å². The maximum absolute atomic E-state index is 15.2. The molecule has 0 aliphatic heterocycles. The summed E-state index contributed by atoms with van der Waals surface area (Å²) in [5.41, 5.74) is 2.12. The van der Waals surface area contributed by atoms with Gasteiger partial charge < -0.3 is 10.2 Å². The molecule has 1 atom stereocenters. The number of sulfonamides is 1. The van der Waals surface area contributed by atoms with Crippen LogP contribution < -0.4 is 9.62 Å². The van der Waals surface area contributed by atoms with Gasteiger partial charge in [0, 0.05) is 23.5 Å². The number of amides is 2. The summed E-state index contributed by atoms with van der Waals surface area (Å²) in [4.78, 5) is 29.4. The van der Waals surface area contributed by atoms with E-state index >= 15 is 4.39 Å². The van der Waals surface area contributed by atoms with Crippen LogP contribution >= 0.6 is 15.9 Å². The minimum absolute atomic E-state index is 0.0109. The van der Waals surface area contributed by atoms with E-state index in [9.17, 15) is 18.0 Å². The summed E-state index contributed by atoms with van der Waals surface area (Å²) >= 11 is 3.47. The van der Waals surface area contributed by atoms with E-state index in [1.165, 1.54) is 35.2 Å². The molecule has 0 radical (unpaired) electrons. The molecule has 230 valence electrons. The summed E-state index contributed by atoms with van der Waals surface area (Å²) in [5, 5.41) is 2.92. The fourth-order valence-corrected chi connectivity index (χ4v) is 6.64. The summed E-state index contributed by atoms with van der Waals surface area (Å²) in [6.45, 7) is 4.75. The predicted molar refractivity (Wildman–Crippen MR) is 174 cm³/mol. The van der Waals surface area contributed by atoms with E-state index in [0.29, 0.717) is 0 Å². The number of nitrogens with one attached hydrogen (secondary N) is 1. The molecule has 0 saturated carbocycles. The van der Waals surface area contributed by atoms with Crippen LogP contribution in [0.3, 0.4) is 0 Å². The van der Waals surface area contributed by atoms with Gasteiger partial charge >= 0.3 is 0 Å². The molecule has 1 unspecified atom stereocenters. The van der Waals surface area contributed by atoms with Crippen LogP contribution in [0.1, 0.15) is 30.5 Å². The van der Waals surface area contributed by atoms with Gasteiger partial charge in [-0.2, -0.15) is 0 Å². The van der Waals surface area contributed by atoms with Crippen molar-refractivity contribution in [1.29, 1.82) is 0 Å². The molecule has 0 heterocycles. The minimum atomic E-state index is -4.39. The second kappa shape index (κ2) is 14.6. The van der Waals surface area contributed by atoms with Crippen molar-refractivity contribution in [2.75, 3.05) is 10.8 Å². The Morgan fingerprint density at radius 2 is 1.50 bits per heavy atom. The molecule has 1 N–H and O–H groups in total. The van der Waals surface area contributed by atoms with Gasteiger partial charge in [0.1, 0.15) is 18.4 Å². The number of hydrogen-bond acceptors (Lipinski definition) is 4. The SMILES string of the molecule is Cc1ccc(S(=O)(=O)N(CC(=O)N(Cc2cccc(Br)c2)C(Cc2ccccc2)C(=O)NC(C)C)c2ccccc2F)cc1. The third-order valence-corrected chi connectivity index (χ3v) is 9.22. The Labute approximate surface area is 266 Å². The first kappa shape index (κ1) is 32.9. The molecule has 7 nitrogen and oxygen atoms in total. The maximum Gasteiger partial charge on any atom is 0.264 e. The van der Waals surface area contributed by atoms with E-state index in [1.54, 1.807) is 12.1 Å². The van der Waals surface area contributed by atoms with Crippen molar-refractivity contribution in [3.8, 4) is 0 Å². The van der Waals surface area contributed by atoms with Crippen LogP contribution in [-0.2, 0) is 32.6 Å².